The second-order valence-electron chi connectivity index (χ2n) is 5.26. The summed E-state index contributed by atoms with van der Waals surface area (Å²) in [6.45, 7) is 6.35. The van der Waals surface area contributed by atoms with E-state index in [-0.39, 0.29) is 12.4 Å². The molecule has 0 radical (unpaired) electrons. The van der Waals surface area contributed by atoms with Gasteiger partial charge in [0.05, 0.1) is 0 Å². The number of Topliss-reactive ketones (excluding diaryl/α,β-unsaturated/α-hetero) is 1. The minimum atomic E-state index is -0.0000463. The molecule has 0 unspecified atom stereocenters. The Hall–Kier alpha value is -2.09. The van der Waals surface area contributed by atoms with Crippen LogP contribution in [0.1, 0.15) is 41.3 Å². The lowest BCUT2D eigenvalue weighted by atomic mass is 10.0. The molecule has 0 heterocycles. The van der Waals surface area contributed by atoms with Crippen molar-refractivity contribution in [1.82, 2.24) is 0 Å². The van der Waals surface area contributed by atoms with Crippen LogP contribution in [0.15, 0.2) is 48.5 Å². The molecule has 2 aromatic carbocycles. The van der Waals surface area contributed by atoms with E-state index >= 15 is 0 Å². The normalized spacial score (nSPS) is 10.6. The van der Waals surface area contributed by atoms with E-state index in [0.717, 1.165) is 11.3 Å². The molecule has 2 aromatic rings. The molecule has 2 heteroatoms. The quantitative estimate of drug-likeness (QED) is 0.752. The summed E-state index contributed by atoms with van der Waals surface area (Å²) >= 11 is 0. The Morgan fingerprint density at radius 2 is 1.80 bits per heavy atom. The second kappa shape index (κ2) is 6.38. The number of rotatable bonds is 5. The molecule has 2 nitrogen and oxygen atoms in total. The molecule has 0 fully saturated rings. The monoisotopic (exact) mass is 268 g/mol. The lowest BCUT2D eigenvalue weighted by Gasteiger charge is -2.12. The van der Waals surface area contributed by atoms with Gasteiger partial charge in [-0.25, -0.2) is 0 Å². The molecule has 0 aromatic heterocycles. The van der Waals surface area contributed by atoms with Crippen molar-refractivity contribution in [3.63, 3.8) is 0 Å². The molecule has 0 spiro atoms. The maximum Gasteiger partial charge on any atom is 0.200 e. The molecule has 0 N–H and O–H groups in total. The number of hydrogen-bond donors (Lipinski definition) is 0. The van der Waals surface area contributed by atoms with Gasteiger partial charge < -0.3 is 4.74 Å². The largest absolute Gasteiger partial charge is 0.485 e. The van der Waals surface area contributed by atoms with Gasteiger partial charge in [-0.15, -0.1) is 0 Å². The van der Waals surface area contributed by atoms with Crippen LogP contribution in [0, 0.1) is 6.92 Å². The van der Waals surface area contributed by atoms with Gasteiger partial charge in [0.15, 0.2) is 12.4 Å². The lowest BCUT2D eigenvalue weighted by molar-refractivity contribution is 0.0921. The third kappa shape index (κ3) is 3.47. The Balaban J connectivity index is 2.07. The van der Waals surface area contributed by atoms with Crippen LogP contribution < -0.4 is 4.74 Å². The van der Waals surface area contributed by atoms with Crippen molar-refractivity contribution in [2.75, 3.05) is 6.61 Å². The van der Waals surface area contributed by atoms with Crippen molar-refractivity contribution in [3.05, 3.63) is 65.2 Å². The van der Waals surface area contributed by atoms with Gasteiger partial charge in [0.1, 0.15) is 5.75 Å². The fourth-order valence-corrected chi connectivity index (χ4v) is 1.98. The van der Waals surface area contributed by atoms with Crippen LogP contribution in [0.25, 0.3) is 0 Å². The highest BCUT2D eigenvalue weighted by Crippen LogP contribution is 2.24. The minimum absolute atomic E-state index is 0.0000463. The fraction of sp³-hybridized carbons (Fsp3) is 0.278. The third-order valence-corrected chi connectivity index (χ3v) is 3.33. The van der Waals surface area contributed by atoms with E-state index in [0.29, 0.717) is 11.5 Å². The number of carbonyl (C=O) groups is 1. The fourth-order valence-electron chi connectivity index (χ4n) is 1.98. The van der Waals surface area contributed by atoms with E-state index < -0.39 is 0 Å². The highest BCUT2D eigenvalue weighted by Gasteiger charge is 2.09. The SMILES string of the molecule is Cc1ccc(C(C)C)cc1OCC(=O)c1ccccc1. The highest BCUT2D eigenvalue weighted by atomic mass is 16.5. The van der Waals surface area contributed by atoms with E-state index in [1.807, 2.05) is 49.4 Å². The Morgan fingerprint density at radius 1 is 1.10 bits per heavy atom. The first-order valence-electron chi connectivity index (χ1n) is 6.89. The highest BCUT2D eigenvalue weighted by molar-refractivity contribution is 5.97. The number of ketones is 1. The second-order valence-corrected chi connectivity index (χ2v) is 5.26. The van der Waals surface area contributed by atoms with Gasteiger partial charge in [-0.1, -0.05) is 56.3 Å². The van der Waals surface area contributed by atoms with Gasteiger partial charge >= 0.3 is 0 Å². The molecule has 0 atom stereocenters. The molecule has 0 aliphatic carbocycles. The van der Waals surface area contributed by atoms with Crippen LogP contribution in [0.2, 0.25) is 0 Å². The first-order chi connectivity index (χ1) is 9.58. The number of carbonyl (C=O) groups excluding carboxylic acids is 1. The number of hydrogen-bond acceptors (Lipinski definition) is 2. The molecule has 0 saturated carbocycles. The molecule has 0 aliphatic heterocycles. The van der Waals surface area contributed by atoms with E-state index in [2.05, 4.69) is 19.9 Å². The maximum atomic E-state index is 12.0. The summed E-state index contributed by atoms with van der Waals surface area (Å²) in [7, 11) is 0. The van der Waals surface area contributed by atoms with E-state index in [1.165, 1.54) is 5.56 Å². The summed E-state index contributed by atoms with van der Waals surface area (Å²) in [4.78, 5) is 12.0. The predicted molar refractivity (Wildman–Crippen MR) is 81.5 cm³/mol. The zero-order valence-corrected chi connectivity index (χ0v) is 12.2. The van der Waals surface area contributed by atoms with Gasteiger partial charge in [0.25, 0.3) is 0 Å². The summed E-state index contributed by atoms with van der Waals surface area (Å²) < 4.78 is 5.69. The Morgan fingerprint density at radius 3 is 2.45 bits per heavy atom. The Labute approximate surface area is 120 Å². The van der Waals surface area contributed by atoms with Crippen molar-refractivity contribution < 1.29 is 9.53 Å². The van der Waals surface area contributed by atoms with E-state index in [4.69, 9.17) is 4.74 Å². The Bertz CT molecular complexity index is 586. The zero-order chi connectivity index (χ0) is 14.5. The summed E-state index contributed by atoms with van der Waals surface area (Å²) in [5.74, 6) is 1.24. The van der Waals surface area contributed by atoms with Crippen molar-refractivity contribution in [1.29, 1.82) is 0 Å². The molecule has 0 saturated heterocycles. The van der Waals surface area contributed by atoms with E-state index in [9.17, 15) is 4.79 Å². The van der Waals surface area contributed by atoms with Gasteiger partial charge in [-0.2, -0.15) is 0 Å². The molecule has 104 valence electrons. The van der Waals surface area contributed by atoms with Crippen molar-refractivity contribution in [3.8, 4) is 5.75 Å². The van der Waals surface area contributed by atoms with Crippen LogP contribution >= 0.6 is 0 Å². The van der Waals surface area contributed by atoms with Crippen molar-refractivity contribution in [2.24, 2.45) is 0 Å². The van der Waals surface area contributed by atoms with Gasteiger partial charge in [0, 0.05) is 5.56 Å². The van der Waals surface area contributed by atoms with Gasteiger partial charge in [-0.3, -0.25) is 4.79 Å². The van der Waals surface area contributed by atoms with Crippen LogP contribution in [0.3, 0.4) is 0 Å². The molecule has 20 heavy (non-hydrogen) atoms. The first-order valence-corrected chi connectivity index (χ1v) is 6.89. The molecule has 0 amide bonds. The van der Waals surface area contributed by atoms with Crippen LogP contribution in [0.4, 0.5) is 0 Å². The van der Waals surface area contributed by atoms with Crippen molar-refractivity contribution >= 4 is 5.78 Å². The summed E-state index contributed by atoms with van der Waals surface area (Å²) in [5.41, 5.74) is 2.96. The molecule has 2 rings (SSSR count). The minimum Gasteiger partial charge on any atom is -0.485 e. The standard InChI is InChI=1S/C18H20O2/c1-13(2)16-10-9-14(3)18(11-16)20-12-17(19)15-7-5-4-6-8-15/h4-11,13H,12H2,1-3H3. The van der Waals surface area contributed by atoms with Crippen LogP contribution in [0.5, 0.6) is 5.75 Å². The number of benzene rings is 2. The molecular formula is C18H20O2. The summed E-state index contributed by atoms with van der Waals surface area (Å²) in [6.07, 6.45) is 0. The maximum absolute atomic E-state index is 12.0. The van der Waals surface area contributed by atoms with Gasteiger partial charge in [-0.05, 0) is 30.0 Å². The average molecular weight is 268 g/mol. The third-order valence-electron chi connectivity index (χ3n) is 3.33. The first kappa shape index (κ1) is 14.3. The topological polar surface area (TPSA) is 26.3 Å². The van der Waals surface area contributed by atoms with Gasteiger partial charge in [0.2, 0.25) is 0 Å². The summed E-state index contributed by atoms with van der Waals surface area (Å²) in [5, 5.41) is 0. The zero-order valence-electron chi connectivity index (χ0n) is 12.2. The number of aryl methyl sites for hydroxylation is 1. The average Bonchev–Trinajstić information content (AvgIpc) is 2.46. The lowest BCUT2D eigenvalue weighted by Crippen LogP contribution is -2.12. The number of ether oxygens (including phenoxy) is 1. The smallest absolute Gasteiger partial charge is 0.200 e. The van der Waals surface area contributed by atoms with E-state index in [1.54, 1.807) is 0 Å². The van der Waals surface area contributed by atoms with Crippen molar-refractivity contribution in [2.45, 2.75) is 26.7 Å². The molecule has 0 aliphatic rings. The van der Waals surface area contributed by atoms with Crippen LogP contribution in [-0.4, -0.2) is 12.4 Å². The Kier molecular flexibility index (Phi) is 4.57. The van der Waals surface area contributed by atoms with Crippen LogP contribution in [-0.2, 0) is 0 Å². The summed E-state index contributed by atoms with van der Waals surface area (Å²) in [6, 6.07) is 15.4. The molecule has 0 bridgehead atoms. The predicted octanol–water partition coefficient (Wildman–Crippen LogP) is 4.38. The molecular weight excluding hydrogens is 248 g/mol.